The molecule has 114 valence electrons. The molecule has 1 aromatic rings. The van der Waals surface area contributed by atoms with Crippen molar-refractivity contribution < 1.29 is 4.74 Å². The van der Waals surface area contributed by atoms with Crippen molar-refractivity contribution in [3.63, 3.8) is 0 Å². The van der Waals surface area contributed by atoms with Crippen LogP contribution in [-0.2, 0) is 12.3 Å². The number of ether oxygens (including phenoxy) is 1. The van der Waals surface area contributed by atoms with Crippen molar-refractivity contribution in [3.8, 4) is 5.75 Å². The van der Waals surface area contributed by atoms with Crippen LogP contribution < -0.4 is 10.1 Å². The summed E-state index contributed by atoms with van der Waals surface area (Å²) in [4.78, 5) is 0. The predicted octanol–water partition coefficient (Wildman–Crippen LogP) is 4.47. The maximum atomic E-state index is 5.47. The lowest BCUT2D eigenvalue weighted by Crippen LogP contribution is -2.13. The topological polar surface area (TPSA) is 21.3 Å². The maximum absolute atomic E-state index is 5.47. The van der Waals surface area contributed by atoms with Crippen LogP contribution in [0.1, 0.15) is 44.7 Å². The van der Waals surface area contributed by atoms with Crippen molar-refractivity contribution in [3.05, 3.63) is 29.3 Å². The van der Waals surface area contributed by atoms with Crippen LogP contribution >= 0.6 is 11.8 Å². The van der Waals surface area contributed by atoms with Gasteiger partial charge in [0.2, 0.25) is 0 Å². The maximum Gasteiger partial charge on any atom is 0.122 e. The highest BCUT2D eigenvalue weighted by Crippen LogP contribution is 2.25. The molecule has 1 aromatic carbocycles. The van der Waals surface area contributed by atoms with Crippen molar-refractivity contribution in [2.24, 2.45) is 5.92 Å². The minimum atomic E-state index is 0.786. The van der Waals surface area contributed by atoms with Crippen LogP contribution in [0.5, 0.6) is 5.75 Å². The molecule has 1 rings (SSSR count). The summed E-state index contributed by atoms with van der Waals surface area (Å²) >= 11 is 2.00. The SMILES string of the molecule is CCCNCc1ccc(OC)c(CSCCC(C)C)c1. The summed E-state index contributed by atoms with van der Waals surface area (Å²) in [7, 11) is 1.76. The first-order chi connectivity index (χ1) is 9.67. The molecule has 0 spiro atoms. The number of nitrogens with one attached hydrogen (secondary N) is 1. The summed E-state index contributed by atoms with van der Waals surface area (Å²) in [6, 6.07) is 6.54. The highest BCUT2D eigenvalue weighted by atomic mass is 32.2. The molecule has 0 radical (unpaired) electrons. The number of thioether (sulfide) groups is 1. The Kier molecular flexibility index (Phi) is 8.79. The molecular formula is C17H29NOS. The van der Waals surface area contributed by atoms with E-state index in [0.717, 1.165) is 30.5 Å². The van der Waals surface area contributed by atoms with Gasteiger partial charge < -0.3 is 10.1 Å². The highest BCUT2D eigenvalue weighted by Gasteiger charge is 2.05. The molecule has 2 nitrogen and oxygen atoms in total. The van der Waals surface area contributed by atoms with E-state index in [2.05, 4.69) is 44.3 Å². The summed E-state index contributed by atoms with van der Waals surface area (Å²) in [5.41, 5.74) is 2.66. The van der Waals surface area contributed by atoms with Crippen LogP contribution in [0.2, 0.25) is 0 Å². The molecule has 0 saturated carbocycles. The van der Waals surface area contributed by atoms with Crippen LogP contribution in [0.4, 0.5) is 0 Å². The Hall–Kier alpha value is -0.670. The molecule has 0 heterocycles. The van der Waals surface area contributed by atoms with Crippen LogP contribution in [0.3, 0.4) is 0 Å². The van der Waals surface area contributed by atoms with E-state index in [0.29, 0.717) is 0 Å². The minimum Gasteiger partial charge on any atom is -0.496 e. The van der Waals surface area contributed by atoms with Crippen LogP contribution in [0.15, 0.2) is 18.2 Å². The second-order valence-electron chi connectivity index (χ2n) is 5.56. The zero-order valence-electron chi connectivity index (χ0n) is 13.4. The van der Waals surface area contributed by atoms with Crippen molar-refractivity contribution in [1.82, 2.24) is 5.32 Å². The molecule has 0 saturated heterocycles. The van der Waals surface area contributed by atoms with Gasteiger partial charge in [0.15, 0.2) is 0 Å². The summed E-state index contributed by atoms with van der Waals surface area (Å²) in [5, 5.41) is 3.45. The molecular weight excluding hydrogens is 266 g/mol. The number of hydrogen-bond donors (Lipinski definition) is 1. The third-order valence-electron chi connectivity index (χ3n) is 3.20. The molecule has 1 N–H and O–H groups in total. The molecule has 0 atom stereocenters. The van der Waals surface area contributed by atoms with Gasteiger partial charge >= 0.3 is 0 Å². The zero-order valence-corrected chi connectivity index (χ0v) is 14.2. The van der Waals surface area contributed by atoms with Gasteiger partial charge in [0.25, 0.3) is 0 Å². The highest BCUT2D eigenvalue weighted by molar-refractivity contribution is 7.98. The molecule has 0 fully saturated rings. The van der Waals surface area contributed by atoms with Crippen molar-refractivity contribution >= 4 is 11.8 Å². The third kappa shape index (κ3) is 6.67. The molecule has 0 aliphatic rings. The largest absolute Gasteiger partial charge is 0.496 e. The first kappa shape index (κ1) is 17.4. The molecule has 0 aliphatic carbocycles. The van der Waals surface area contributed by atoms with Crippen LogP contribution in [0, 0.1) is 5.92 Å². The summed E-state index contributed by atoms with van der Waals surface area (Å²) in [6.07, 6.45) is 2.46. The summed E-state index contributed by atoms with van der Waals surface area (Å²) < 4.78 is 5.47. The minimum absolute atomic E-state index is 0.786. The lowest BCUT2D eigenvalue weighted by molar-refractivity contribution is 0.411. The first-order valence-corrected chi connectivity index (χ1v) is 8.77. The summed E-state index contributed by atoms with van der Waals surface area (Å²) in [5.74, 6) is 4.06. The van der Waals surface area contributed by atoms with Crippen molar-refractivity contribution in [1.29, 1.82) is 0 Å². The normalized spacial score (nSPS) is 11.1. The van der Waals surface area contributed by atoms with E-state index in [1.54, 1.807) is 7.11 Å². The van der Waals surface area contributed by atoms with Crippen molar-refractivity contribution in [2.45, 2.75) is 45.9 Å². The van der Waals surface area contributed by atoms with E-state index in [4.69, 9.17) is 4.74 Å². The quantitative estimate of drug-likeness (QED) is 0.643. The fraction of sp³-hybridized carbons (Fsp3) is 0.647. The van der Waals surface area contributed by atoms with Gasteiger partial charge in [-0.15, -0.1) is 0 Å². The molecule has 3 heteroatoms. The van der Waals surface area contributed by atoms with E-state index in [1.165, 1.54) is 29.7 Å². The second kappa shape index (κ2) is 10.1. The standard InChI is InChI=1S/C17H29NOS/c1-5-9-18-12-15-6-7-17(19-4)16(11-15)13-20-10-8-14(2)3/h6-7,11,14,18H,5,8-10,12-13H2,1-4H3. The predicted molar refractivity (Wildman–Crippen MR) is 90.6 cm³/mol. The number of rotatable bonds is 10. The monoisotopic (exact) mass is 295 g/mol. The van der Waals surface area contributed by atoms with Gasteiger partial charge in [-0.25, -0.2) is 0 Å². The van der Waals surface area contributed by atoms with Crippen LogP contribution in [-0.4, -0.2) is 19.4 Å². The van der Waals surface area contributed by atoms with E-state index in [1.807, 2.05) is 11.8 Å². The zero-order chi connectivity index (χ0) is 14.8. The van der Waals surface area contributed by atoms with E-state index >= 15 is 0 Å². The Morgan fingerprint density at radius 2 is 2.10 bits per heavy atom. The average Bonchev–Trinajstić information content (AvgIpc) is 2.44. The average molecular weight is 295 g/mol. The molecule has 0 aromatic heterocycles. The van der Waals surface area contributed by atoms with Gasteiger partial charge in [0.05, 0.1) is 7.11 Å². The molecule has 0 amide bonds. The van der Waals surface area contributed by atoms with Gasteiger partial charge in [-0.1, -0.05) is 26.8 Å². The number of benzene rings is 1. The number of hydrogen-bond acceptors (Lipinski definition) is 3. The fourth-order valence-electron chi connectivity index (χ4n) is 1.97. The molecule has 0 unspecified atom stereocenters. The van der Waals surface area contributed by atoms with E-state index in [9.17, 15) is 0 Å². The molecule has 0 aliphatic heterocycles. The van der Waals surface area contributed by atoms with E-state index < -0.39 is 0 Å². The van der Waals surface area contributed by atoms with Gasteiger partial charge in [-0.05, 0) is 48.8 Å². The molecule has 0 bridgehead atoms. The Balaban J connectivity index is 2.54. The van der Waals surface area contributed by atoms with Crippen LogP contribution in [0.25, 0.3) is 0 Å². The van der Waals surface area contributed by atoms with E-state index in [-0.39, 0.29) is 0 Å². The lowest BCUT2D eigenvalue weighted by atomic mass is 10.1. The van der Waals surface area contributed by atoms with Crippen molar-refractivity contribution in [2.75, 3.05) is 19.4 Å². The third-order valence-corrected chi connectivity index (χ3v) is 4.24. The second-order valence-corrected chi connectivity index (χ2v) is 6.66. The Labute approximate surface area is 128 Å². The Morgan fingerprint density at radius 1 is 1.30 bits per heavy atom. The molecule has 20 heavy (non-hydrogen) atoms. The van der Waals surface area contributed by atoms with Gasteiger partial charge in [-0.2, -0.15) is 11.8 Å². The first-order valence-electron chi connectivity index (χ1n) is 7.61. The Bertz CT molecular complexity index is 379. The fourth-order valence-corrected chi connectivity index (χ4v) is 3.19. The number of methoxy groups -OCH3 is 1. The van der Waals surface area contributed by atoms with Gasteiger partial charge in [0, 0.05) is 17.9 Å². The summed E-state index contributed by atoms with van der Waals surface area (Å²) in [6.45, 7) is 8.77. The lowest BCUT2D eigenvalue weighted by Gasteiger charge is -2.12. The smallest absolute Gasteiger partial charge is 0.122 e. The van der Waals surface area contributed by atoms with Gasteiger partial charge in [0.1, 0.15) is 5.75 Å². The van der Waals surface area contributed by atoms with Gasteiger partial charge in [-0.3, -0.25) is 0 Å². The Morgan fingerprint density at radius 3 is 2.75 bits per heavy atom.